The summed E-state index contributed by atoms with van der Waals surface area (Å²) in [4.78, 5) is 14.8. The van der Waals surface area contributed by atoms with Crippen molar-refractivity contribution in [3.05, 3.63) is 58.4 Å². The zero-order valence-corrected chi connectivity index (χ0v) is 9.95. The third kappa shape index (κ3) is 1.57. The first-order valence-corrected chi connectivity index (χ1v) is 5.77. The summed E-state index contributed by atoms with van der Waals surface area (Å²) in [6.45, 7) is 1.81. The van der Waals surface area contributed by atoms with Crippen LogP contribution in [-0.2, 0) is 0 Å². The summed E-state index contributed by atoms with van der Waals surface area (Å²) in [5.41, 5.74) is 1.76. The van der Waals surface area contributed by atoms with Crippen molar-refractivity contribution in [2.45, 2.75) is 6.92 Å². The Labute approximate surface area is 104 Å². The maximum absolute atomic E-state index is 11.9. The fourth-order valence-corrected chi connectivity index (χ4v) is 2.20. The summed E-state index contributed by atoms with van der Waals surface area (Å²) < 4.78 is 0. The number of hydrogen-bond acceptors (Lipinski definition) is 1. The number of fused-ring (bicyclic) bond motifs is 3. The van der Waals surface area contributed by atoms with E-state index in [-0.39, 0.29) is 5.56 Å². The molecule has 0 amide bonds. The quantitative estimate of drug-likeness (QED) is 0.470. The lowest BCUT2D eigenvalue weighted by Gasteiger charge is -2.03. The SMILES string of the molecule is CC#Cc1ccc2[nH]c(=O)c3ccccc3c2c1. The molecule has 0 saturated carbocycles. The number of aromatic nitrogens is 1. The molecule has 0 atom stereocenters. The van der Waals surface area contributed by atoms with Crippen molar-refractivity contribution in [1.82, 2.24) is 4.98 Å². The number of pyridine rings is 1. The van der Waals surface area contributed by atoms with Gasteiger partial charge in [-0.1, -0.05) is 24.1 Å². The zero-order valence-electron chi connectivity index (χ0n) is 9.95. The van der Waals surface area contributed by atoms with Crippen molar-refractivity contribution >= 4 is 21.7 Å². The van der Waals surface area contributed by atoms with E-state index in [1.54, 1.807) is 0 Å². The molecule has 0 aliphatic rings. The highest BCUT2D eigenvalue weighted by atomic mass is 16.1. The lowest BCUT2D eigenvalue weighted by Crippen LogP contribution is -2.06. The van der Waals surface area contributed by atoms with Crippen molar-refractivity contribution in [2.75, 3.05) is 0 Å². The molecule has 3 rings (SSSR count). The Morgan fingerprint density at radius 2 is 1.78 bits per heavy atom. The first-order chi connectivity index (χ1) is 8.79. The minimum atomic E-state index is -0.0487. The Morgan fingerprint density at radius 1 is 1.00 bits per heavy atom. The highest BCUT2D eigenvalue weighted by molar-refractivity contribution is 6.05. The molecule has 0 unspecified atom stereocenters. The highest BCUT2D eigenvalue weighted by Gasteiger charge is 2.04. The molecule has 0 aliphatic heterocycles. The number of H-pyrrole nitrogens is 1. The van der Waals surface area contributed by atoms with Crippen LogP contribution in [0.3, 0.4) is 0 Å². The largest absolute Gasteiger partial charge is 0.321 e. The molecule has 86 valence electrons. The van der Waals surface area contributed by atoms with Crippen LogP contribution in [0.1, 0.15) is 12.5 Å². The van der Waals surface area contributed by atoms with Gasteiger partial charge in [-0.05, 0) is 36.6 Å². The Kier molecular flexibility index (Phi) is 2.39. The van der Waals surface area contributed by atoms with E-state index < -0.39 is 0 Å². The van der Waals surface area contributed by atoms with Crippen LogP contribution in [0.2, 0.25) is 0 Å². The third-order valence-electron chi connectivity index (χ3n) is 3.00. The first-order valence-electron chi connectivity index (χ1n) is 5.77. The normalized spacial score (nSPS) is 10.3. The number of rotatable bonds is 0. The fourth-order valence-electron chi connectivity index (χ4n) is 2.20. The second kappa shape index (κ2) is 4.05. The molecule has 3 aromatic rings. The standard InChI is InChI=1S/C16H11NO/c1-2-5-11-8-9-15-14(10-11)12-6-3-4-7-13(12)16(18)17-15/h3-4,6-10H,1H3,(H,17,18). The minimum absolute atomic E-state index is 0.0487. The van der Waals surface area contributed by atoms with Crippen LogP contribution in [0, 0.1) is 11.8 Å². The van der Waals surface area contributed by atoms with Crippen molar-refractivity contribution in [3.63, 3.8) is 0 Å². The molecular formula is C16H11NO. The number of aromatic amines is 1. The maximum atomic E-state index is 11.9. The van der Waals surface area contributed by atoms with Crippen LogP contribution in [0.4, 0.5) is 0 Å². The van der Waals surface area contributed by atoms with Crippen molar-refractivity contribution in [3.8, 4) is 11.8 Å². The van der Waals surface area contributed by atoms with Gasteiger partial charge in [0.1, 0.15) is 0 Å². The van der Waals surface area contributed by atoms with E-state index in [2.05, 4.69) is 16.8 Å². The Hall–Kier alpha value is -2.53. The van der Waals surface area contributed by atoms with Crippen molar-refractivity contribution < 1.29 is 0 Å². The van der Waals surface area contributed by atoms with Gasteiger partial charge in [-0.2, -0.15) is 0 Å². The van der Waals surface area contributed by atoms with Gasteiger partial charge in [-0.15, -0.1) is 5.92 Å². The highest BCUT2D eigenvalue weighted by Crippen LogP contribution is 2.21. The van der Waals surface area contributed by atoms with Gasteiger partial charge in [0.05, 0.1) is 0 Å². The zero-order chi connectivity index (χ0) is 12.5. The number of nitrogens with one attached hydrogen (secondary N) is 1. The van der Waals surface area contributed by atoms with Crippen LogP contribution < -0.4 is 5.56 Å². The van der Waals surface area contributed by atoms with Crippen LogP contribution in [-0.4, -0.2) is 4.98 Å². The summed E-state index contributed by atoms with van der Waals surface area (Å²) in [6.07, 6.45) is 0. The van der Waals surface area contributed by atoms with Crippen LogP contribution >= 0.6 is 0 Å². The summed E-state index contributed by atoms with van der Waals surface area (Å²) in [5.74, 6) is 5.92. The van der Waals surface area contributed by atoms with E-state index in [4.69, 9.17) is 0 Å². The summed E-state index contributed by atoms with van der Waals surface area (Å²) in [5, 5.41) is 2.72. The summed E-state index contributed by atoms with van der Waals surface area (Å²) in [7, 11) is 0. The van der Waals surface area contributed by atoms with Gasteiger partial charge in [-0.3, -0.25) is 4.79 Å². The molecule has 1 heterocycles. The Bertz CT molecular complexity index is 863. The van der Waals surface area contributed by atoms with Crippen LogP contribution in [0.15, 0.2) is 47.3 Å². The average Bonchev–Trinajstić information content (AvgIpc) is 2.40. The molecule has 1 N–H and O–H groups in total. The molecule has 2 aromatic carbocycles. The molecule has 18 heavy (non-hydrogen) atoms. The molecule has 0 bridgehead atoms. The van der Waals surface area contributed by atoms with Gasteiger partial charge < -0.3 is 4.98 Å². The minimum Gasteiger partial charge on any atom is -0.321 e. The molecular weight excluding hydrogens is 222 g/mol. The molecule has 2 heteroatoms. The molecule has 0 aliphatic carbocycles. The lowest BCUT2D eigenvalue weighted by atomic mass is 10.0. The van der Waals surface area contributed by atoms with E-state index in [9.17, 15) is 4.79 Å². The van der Waals surface area contributed by atoms with E-state index in [1.165, 1.54) is 0 Å². The summed E-state index contributed by atoms with van der Waals surface area (Å²) >= 11 is 0. The first kappa shape index (κ1) is 10.6. The van der Waals surface area contributed by atoms with Gasteiger partial charge >= 0.3 is 0 Å². The second-order valence-corrected chi connectivity index (χ2v) is 4.14. The monoisotopic (exact) mass is 233 g/mol. The smallest absolute Gasteiger partial charge is 0.256 e. The van der Waals surface area contributed by atoms with E-state index >= 15 is 0 Å². The predicted octanol–water partition coefficient (Wildman–Crippen LogP) is 3.05. The van der Waals surface area contributed by atoms with Crippen LogP contribution in [0.25, 0.3) is 21.7 Å². The van der Waals surface area contributed by atoms with Gasteiger partial charge in [0.15, 0.2) is 0 Å². The van der Waals surface area contributed by atoms with Crippen molar-refractivity contribution in [1.29, 1.82) is 0 Å². The summed E-state index contributed by atoms with van der Waals surface area (Å²) in [6, 6.07) is 13.5. The van der Waals surface area contributed by atoms with Crippen molar-refractivity contribution in [2.24, 2.45) is 0 Å². The molecule has 0 spiro atoms. The number of benzene rings is 2. The van der Waals surface area contributed by atoms with Gasteiger partial charge in [0.25, 0.3) is 5.56 Å². The fraction of sp³-hybridized carbons (Fsp3) is 0.0625. The molecule has 0 fully saturated rings. The number of hydrogen-bond donors (Lipinski definition) is 1. The topological polar surface area (TPSA) is 32.9 Å². The average molecular weight is 233 g/mol. The van der Waals surface area contributed by atoms with Gasteiger partial charge in [0.2, 0.25) is 0 Å². The second-order valence-electron chi connectivity index (χ2n) is 4.14. The van der Waals surface area contributed by atoms with Gasteiger partial charge in [0, 0.05) is 21.9 Å². The predicted molar refractivity (Wildman–Crippen MR) is 74.6 cm³/mol. The van der Waals surface area contributed by atoms with E-state index in [1.807, 2.05) is 49.4 Å². The lowest BCUT2D eigenvalue weighted by molar-refractivity contribution is 1.34. The Balaban J connectivity index is 2.52. The van der Waals surface area contributed by atoms with E-state index in [0.29, 0.717) is 5.39 Å². The molecule has 0 saturated heterocycles. The molecule has 0 radical (unpaired) electrons. The molecule has 1 aromatic heterocycles. The molecule has 2 nitrogen and oxygen atoms in total. The van der Waals surface area contributed by atoms with E-state index in [0.717, 1.165) is 21.9 Å². The Morgan fingerprint density at radius 3 is 2.56 bits per heavy atom. The third-order valence-corrected chi connectivity index (χ3v) is 3.00. The van der Waals surface area contributed by atoms with Gasteiger partial charge in [-0.25, -0.2) is 0 Å². The van der Waals surface area contributed by atoms with Crippen LogP contribution in [0.5, 0.6) is 0 Å². The maximum Gasteiger partial charge on any atom is 0.256 e.